The molecule has 2 aromatic rings. The Morgan fingerprint density at radius 1 is 1.16 bits per heavy atom. The predicted molar refractivity (Wildman–Crippen MR) is 116 cm³/mol. The van der Waals surface area contributed by atoms with Crippen molar-refractivity contribution < 1.29 is 17.7 Å². The van der Waals surface area contributed by atoms with E-state index in [-0.39, 0.29) is 11.7 Å². The minimum absolute atomic E-state index is 0.0213. The third-order valence-electron chi connectivity index (χ3n) is 5.30. The van der Waals surface area contributed by atoms with Gasteiger partial charge < -0.3 is 9.42 Å². The van der Waals surface area contributed by atoms with E-state index in [0.717, 1.165) is 5.56 Å². The fraction of sp³-hybridized carbons (Fsp3) is 0.571. The highest BCUT2D eigenvalue weighted by molar-refractivity contribution is 7.89. The van der Waals surface area contributed by atoms with Crippen LogP contribution in [0.15, 0.2) is 34.9 Å². The predicted octanol–water partition coefficient (Wildman–Crippen LogP) is 1.52. The zero-order valence-electron chi connectivity index (χ0n) is 18.2. The fourth-order valence-electron chi connectivity index (χ4n) is 3.56. The first-order chi connectivity index (χ1) is 14.9. The van der Waals surface area contributed by atoms with Gasteiger partial charge in [-0.2, -0.15) is 9.29 Å². The summed E-state index contributed by atoms with van der Waals surface area (Å²) in [6.45, 7) is 5.17. The summed E-state index contributed by atoms with van der Waals surface area (Å²) in [6.07, 6.45) is 1.33. The van der Waals surface area contributed by atoms with Gasteiger partial charge in [0.05, 0.1) is 12.3 Å². The lowest BCUT2D eigenvalue weighted by atomic mass is 10.2. The second-order valence-electron chi connectivity index (χ2n) is 7.83. The number of benzene rings is 1. The number of hydrogen-bond acceptors (Lipinski definition) is 7. The van der Waals surface area contributed by atoms with E-state index < -0.39 is 10.0 Å². The van der Waals surface area contributed by atoms with Crippen LogP contribution in [0.25, 0.3) is 0 Å². The number of nitrogens with zero attached hydrogens (tertiary/aromatic N) is 5. The van der Waals surface area contributed by atoms with Crippen LogP contribution < -0.4 is 0 Å². The zero-order chi connectivity index (χ0) is 22.3. The van der Waals surface area contributed by atoms with Gasteiger partial charge in [-0.1, -0.05) is 42.4 Å². The van der Waals surface area contributed by atoms with Crippen LogP contribution in [0.5, 0.6) is 0 Å². The largest absolute Gasteiger partial charge is 0.341 e. The lowest BCUT2D eigenvalue weighted by molar-refractivity contribution is -0.130. The molecule has 0 N–H and O–H groups in total. The molecule has 1 saturated heterocycles. The van der Waals surface area contributed by atoms with E-state index in [1.807, 2.05) is 37.3 Å². The van der Waals surface area contributed by atoms with Crippen LogP contribution >= 0.6 is 0 Å². The van der Waals surface area contributed by atoms with E-state index in [4.69, 9.17) is 4.52 Å². The SMILES string of the molecule is CCCS(=O)(=O)N1CCN(Cc2noc(CCC(=O)N(C)Cc3ccccc3)n2)CC1. The molecule has 1 aromatic carbocycles. The highest BCUT2D eigenvalue weighted by Crippen LogP contribution is 2.12. The molecule has 0 saturated carbocycles. The van der Waals surface area contributed by atoms with Crippen LogP contribution in [-0.4, -0.2) is 77.6 Å². The van der Waals surface area contributed by atoms with Crippen LogP contribution in [0.3, 0.4) is 0 Å². The number of carbonyl (C=O) groups excluding carboxylic acids is 1. The maximum atomic E-state index is 12.4. The number of aromatic nitrogens is 2. The van der Waals surface area contributed by atoms with Crippen molar-refractivity contribution in [1.82, 2.24) is 24.2 Å². The molecular weight excluding hydrogens is 418 g/mol. The number of carbonyl (C=O) groups is 1. The van der Waals surface area contributed by atoms with E-state index >= 15 is 0 Å². The van der Waals surface area contributed by atoms with Crippen LogP contribution in [-0.2, 0) is 34.3 Å². The van der Waals surface area contributed by atoms with E-state index in [1.54, 1.807) is 16.3 Å². The Balaban J connectivity index is 1.42. The molecule has 0 spiro atoms. The first kappa shape index (κ1) is 23.4. The van der Waals surface area contributed by atoms with Crippen molar-refractivity contribution in [2.45, 2.75) is 39.3 Å². The quantitative estimate of drug-likeness (QED) is 0.542. The molecule has 0 bridgehead atoms. The van der Waals surface area contributed by atoms with Crippen molar-refractivity contribution in [3.63, 3.8) is 0 Å². The Bertz CT molecular complexity index is 940. The number of sulfonamides is 1. The number of rotatable bonds is 10. The molecule has 31 heavy (non-hydrogen) atoms. The van der Waals surface area contributed by atoms with Gasteiger partial charge in [0.25, 0.3) is 0 Å². The maximum absolute atomic E-state index is 12.4. The summed E-state index contributed by atoms with van der Waals surface area (Å²) in [5.41, 5.74) is 1.08. The molecule has 2 heterocycles. The van der Waals surface area contributed by atoms with Crippen molar-refractivity contribution in [2.24, 2.45) is 0 Å². The number of piperazine rings is 1. The highest BCUT2D eigenvalue weighted by Gasteiger charge is 2.26. The normalized spacial score (nSPS) is 15.8. The van der Waals surface area contributed by atoms with Crippen LogP contribution in [0.1, 0.15) is 37.0 Å². The third kappa shape index (κ3) is 6.84. The average Bonchev–Trinajstić information content (AvgIpc) is 3.20. The molecule has 0 radical (unpaired) electrons. The maximum Gasteiger partial charge on any atom is 0.227 e. The van der Waals surface area contributed by atoms with E-state index in [0.29, 0.717) is 70.2 Å². The third-order valence-corrected chi connectivity index (χ3v) is 7.38. The molecule has 3 rings (SSSR count). The van der Waals surface area contributed by atoms with Gasteiger partial charge in [-0.15, -0.1) is 0 Å². The van der Waals surface area contributed by atoms with Crippen LogP contribution in [0.4, 0.5) is 0 Å². The van der Waals surface area contributed by atoms with E-state index in [1.165, 1.54) is 0 Å². The van der Waals surface area contributed by atoms with Gasteiger partial charge in [0.1, 0.15) is 0 Å². The minimum Gasteiger partial charge on any atom is -0.341 e. The second-order valence-corrected chi connectivity index (χ2v) is 9.92. The molecule has 0 aliphatic carbocycles. The van der Waals surface area contributed by atoms with Gasteiger partial charge >= 0.3 is 0 Å². The standard InChI is InChI=1S/C21H31N5O4S/c1-3-15-31(28,29)26-13-11-25(12-14-26)17-19-22-20(30-23-19)9-10-21(27)24(2)16-18-7-5-4-6-8-18/h4-8H,3,9-17H2,1-2H3. The summed E-state index contributed by atoms with van der Waals surface area (Å²) in [7, 11) is -1.36. The van der Waals surface area contributed by atoms with Crippen molar-refractivity contribution >= 4 is 15.9 Å². The molecule has 1 aliphatic heterocycles. The van der Waals surface area contributed by atoms with E-state index in [2.05, 4.69) is 15.0 Å². The molecule has 9 nitrogen and oxygen atoms in total. The Morgan fingerprint density at radius 3 is 2.55 bits per heavy atom. The lowest BCUT2D eigenvalue weighted by Gasteiger charge is -2.33. The van der Waals surface area contributed by atoms with Crippen molar-refractivity contribution in [1.29, 1.82) is 0 Å². The zero-order valence-corrected chi connectivity index (χ0v) is 19.1. The van der Waals surface area contributed by atoms with Crippen LogP contribution in [0, 0.1) is 0 Å². The summed E-state index contributed by atoms with van der Waals surface area (Å²) in [6, 6.07) is 9.85. The topological polar surface area (TPSA) is 99.8 Å². The smallest absolute Gasteiger partial charge is 0.227 e. The molecule has 1 aliphatic rings. The molecule has 170 valence electrons. The molecule has 0 atom stereocenters. The number of hydrogen-bond donors (Lipinski definition) is 0. The molecule has 10 heteroatoms. The second kappa shape index (κ2) is 10.8. The van der Waals surface area contributed by atoms with Gasteiger partial charge in [0.2, 0.25) is 21.8 Å². The first-order valence-electron chi connectivity index (χ1n) is 10.7. The summed E-state index contributed by atoms with van der Waals surface area (Å²) < 4.78 is 31.2. The van der Waals surface area contributed by atoms with Gasteiger partial charge in [-0.25, -0.2) is 8.42 Å². The van der Waals surface area contributed by atoms with Gasteiger partial charge in [0, 0.05) is 52.6 Å². The number of aryl methyl sites for hydroxylation is 1. The lowest BCUT2D eigenvalue weighted by Crippen LogP contribution is -2.48. The van der Waals surface area contributed by atoms with Crippen molar-refractivity contribution in [3.05, 3.63) is 47.6 Å². The Morgan fingerprint density at radius 2 is 1.87 bits per heavy atom. The van der Waals surface area contributed by atoms with Gasteiger partial charge in [-0.05, 0) is 12.0 Å². The summed E-state index contributed by atoms with van der Waals surface area (Å²) in [4.78, 5) is 20.6. The molecular formula is C21H31N5O4S. The Kier molecular flexibility index (Phi) is 8.16. The van der Waals surface area contributed by atoms with Gasteiger partial charge in [0.15, 0.2) is 5.82 Å². The van der Waals surface area contributed by atoms with Crippen molar-refractivity contribution in [2.75, 3.05) is 39.0 Å². The summed E-state index contributed by atoms with van der Waals surface area (Å²) in [5, 5.41) is 4.01. The highest BCUT2D eigenvalue weighted by atomic mass is 32.2. The number of amides is 1. The van der Waals surface area contributed by atoms with Crippen molar-refractivity contribution in [3.8, 4) is 0 Å². The Labute approximate surface area is 184 Å². The Hall–Kier alpha value is -2.30. The summed E-state index contributed by atoms with van der Waals surface area (Å²) >= 11 is 0. The first-order valence-corrected chi connectivity index (χ1v) is 12.3. The van der Waals surface area contributed by atoms with Crippen LogP contribution in [0.2, 0.25) is 0 Å². The molecule has 1 amide bonds. The molecule has 1 fully saturated rings. The fourth-order valence-corrected chi connectivity index (χ4v) is 5.05. The molecule has 1 aromatic heterocycles. The molecule has 0 unspecified atom stereocenters. The monoisotopic (exact) mass is 449 g/mol. The average molecular weight is 450 g/mol. The minimum atomic E-state index is -3.15. The summed E-state index contributed by atoms with van der Waals surface area (Å²) in [5.74, 6) is 1.22. The van der Waals surface area contributed by atoms with Gasteiger partial charge in [-0.3, -0.25) is 9.69 Å². The van der Waals surface area contributed by atoms with E-state index in [9.17, 15) is 13.2 Å².